The van der Waals surface area contributed by atoms with E-state index >= 15 is 0 Å². The van der Waals surface area contributed by atoms with Crippen molar-refractivity contribution in [2.45, 2.75) is 0 Å². The van der Waals surface area contributed by atoms with Crippen LogP contribution < -0.4 is 0 Å². The number of nitrogens with zero attached hydrogens (tertiary/aromatic N) is 6. The van der Waals surface area contributed by atoms with Crippen molar-refractivity contribution in [1.29, 1.82) is 5.26 Å². The smallest absolute Gasteiger partial charge is 0.104 e. The number of hydrogen-bond acceptors (Lipinski definition) is 4. The van der Waals surface area contributed by atoms with Gasteiger partial charge in [0.2, 0.25) is 0 Å². The molecule has 0 saturated carbocycles. The fourth-order valence-electron chi connectivity index (χ4n) is 8.15. The van der Waals surface area contributed by atoms with Crippen LogP contribution in [-0.2, 0) is 0 Å². The van der Waals surface area contributed by atoms with Gasteiger partial charge in [-0.1, -0.05) is 66.7 Å². The van der Waals surface area contributed by atoms with Crippen LogP contribution in [-0.4, -0.2) is 24.1 Å². The first-order valence-electron chi connectivity index (χ1n) is 15.2. The predicted octanol–water partition coefficient (Wildman–Crippen LogP) is 9.43. The third-order valence-corrected chi connectivity index (χ3v) is 9.88. The molecule has 0 aliphatic rings. The molecular formula is C40H20N6. The number of aromatic nitrogens is 5. The van der Waals surface area contributed by atoms with Crippen molar-refractivity contribution in [3.63, 3.8) is 0 Å². The minimum Gasteiger partial charge on any atom is -0.308 e. The van der Waals surface area contributed by atoms with Crippen LogP contribution in [0.1, 0.15) is 5.56 Å². The van der Waals surface area contributed by atoms with Crippen LogP contribution in [0.5, 0.6) is 0 Å². The summed E-state index contributed by atoms with van der Waals surface area (Å²) in [7, 11) is 0. The zero-order chi connectivity index (χ0) is 30.1. The summed E-state index contributed by atoms with van der Waals surface area (Å²) in [5.74, 6) is 0. The molecule has 0 unspecified atom stereocenters. The molecule has 0 aliphatic heterocycles. The molecule has 0 spiro atoms. The van der Waals surface area contributed by atoms with E-state index in [4.69, 9.17) is 15.0 Å². The summed E-state index contributed by atoms with van der Waals surface area (Å²) in [6.07, 6.45) is 9.61. The highest BCUT2D eigenvalue weighted by molar-refractivity contribution is 6.35. The molecule has 11 rings (SSSR count). The minimum atomic E-state index is 0.577. The molecule has 6 nitrogen and oxygen atoms in total. The Kier molecular flexibility index (Phi) is 4.31. The molecule has 0 radical (unpaired) electrons. The zero-order valence-electron chi connectivity index (χ0n) is 24.2. The van der Waals surface area contributed by atoms with Crippen LogP contribution >= 0.6 is 0 Å². The summed E-state index contributed by atoms with van der Waals surface area (Å²) in [5, 5.41) is 23.5. The lowest BCUT2D eigenvalue weighted by atomic mass is 9.97. The third-order valence-electron chi connectivity index (χ3n) is 9.88. The molecule has 0 fully saturated rings. The van der Waals surface area contributed by atoms with Gasteiger partial charge in [0.1, 0.15) is 11.6 Å². The number of hydrogen-bond donors (Lipinski definition) is 0. The van der Waals surface area contributed by atoms with E-state index in [0.717, 1.165) is 87.4 Å². The number of rotatable bonds is 2. The normalized spacial score (nSPS) is 12.3. The number of fused-ring (bicyclic) bond motifs is 6. The van der Waals surface area contributed by atoms with Crippen LogP contribution in [0.4, 0.5) is 0 Å². The Bertz CT molecular complexity index is 2730. The minimum absolute atomic E-state index is 0.577. The maximum atomic E-state index is 11.0. The summed E-state index contributed by atoms with van der Waals surface area (Å²) >= 11 is 0. The number of nitriles is 1. The average molecular weight is 585 g/mol. The topological polar surface area (TPSA) is 72.3 Å². The summed E-state index contributed by atoms with van der Waals surface area (Å²) in [4.78, 5) is 14.3. The molecule has 5 aromatic heterocycles. The summed E-state index contributed by atoms with van der Waals surface area (Å²) < 4.78 is 4.41. The average Bonchev–Trinajstić information content (AvgIpc) is 3.64. The van der Waals surface area contributed by atoms with E-state index in [1.807, 2.05) is 49.2 Å². The van der Waals surface area contributed by atoms with E-state index < -0.39 is 0 Å². The van der Waals surface area contributed by atoms with Crippen molar-refractivity contribution in [3.8, 4) is 17.4 Å². The lowest BCUT2D eigenvalue weighted by Gasteiger charge is -2.15. The number of pyridine rings is 3. The first kappa shape index (κ1) is 23.8. The van der Waals surface area contributed by atoms with Crippen molar-refractivity contribution >= 4 is 86.8 Å². The first-order valence-corrected chi connectivity index (χ1v) is 15.2. The fourth-order valence-corrected chi connectivity index (χ4v) is 8.15. The van der Waals surface area contributed by atoms with Gasteiger partial charge in [-0.25, -0.2) is 0 Å². The lowest BCUT2D eigenvalue weighted by Crippen LogP contribution is -2.04. The van der Waals surface area contributed by atoms with Crippen molar-refractivity contribution < 1.29 is 0 Å². The highest BCUT2D eigenvalue weighted by Crippen LogP contribution is 2.45. The summed E-state index contributed by atoms with van der Waals surface area (Å²) in [5.41, 5.74) is 7.15. The van der Waals surface area contributed by atoms with Crippen LogP contribution in [0, 0.1) is 11.3 Å². The van der Waals surface area contributed by atoms with Crippen molar-refractivity contribution in [2.24, 2.45) is 0 Å². The van der Waals surface area contributed by atoms with Gasteiger partial charge in [0.25, 0.3) is 0 Å². The largest absolute Gasteiger partial charge is 0.308 e. The molecule has 46 heavy (non-hydrogen) atoms. The number of benzene rings is 6. The van der Waals surface area contributed by atoms with E-state index in [2.05, 4.69) is 88.0 Å². The van der Waals surface area contributed by atoms with E-state index in [9.17, 15) is 5.26 Å². The Hall–Kier alpha value is -6.58. The van der Waals surface area contributed by atoms with Gasteiger partial charge in [-0.15, -0.1) is 0 Å². The zero-order valence-corrected chi connectivity index (χ0v) is 24.2. The molecule has 210 valence electrons. The maximum Gasteiger partial charge on any atom is 0.104 e. The molecule has 0 amide bonds. The fraction of sp³-hybridized carbons (Fsp3) is 0. The molecule has 0 aliphatic carbocycles. The lowest BCUT2D eigenvalue weighted by molar-refractivity contribution is 1.11. The Balaban J connectivity index is 1.30. The van der Waals surface area contributed by atoms with Gasteiger partial charge in [0, 0.05) is 56.3 Å². The molecule has 0 saturated heterocycles. The second-order valence-electron chi connectivity index (χ2n) is 12.0. The first-order chi connectivity index (χ1) is 22.8. The predicted molar refractivity (Wildman–Crippen MR) is 186 cm³/mol. The van der Waals surface area contributed by atoms with Gasteiger partial charge in [-0.05, 0) is 45.8 Å². The van der Waals surface area contributed by atoms with Crippen LogP contribution in [0.15, 0.2) is 122 Å². The molecule has 0 N–H and O–H groups in total. The maximum absolute atomic E-state index is 11.0. The van der Waals surface area contributed by atoms with E-state index in [1.54, 1.807) is 0 Å². The molecule has 0 bridgehead atoms. The quantitative estimate of drug-likeness (QED) is 0.190. The third kappa shape index (κ3) is 2.71. The second kappa shape index (κ2) is 8.32. The van der Waals surface area contributed by atoms with E-state index in [1.165, 1.54) is 10.8 Å². The van der Waals surface area contributed by atoms with Crippen molar-refractivity contribution in [1.82, 2.24) is 24.1 Å². The van der Waals surface area contributed by atoms with Crippen molar-refractivity contribution in [2.75, 3.05) is 0 Å². The molecule has 0 atom stereocenters. The Morgan fingerprint density at radius 3 is 1.63 bits per heavy atom. The highest BCUT2D eigenvalue weighted by atomic mass is 15.0. The summed E-state index contributed by atoms with van der Waals surface area (Å²) in [6.45, 7) is 0. The van der Waals surface area contributed by atoms with Gasteiger partial charge in [0.05, 0.1) is 51.4 Å². The standard InChI is InChI=1S/C40H20N6/c41-17-27-30(45-32-14-5-11-25-24-9-3-4-10-26(24)40-39(36(25)32)33(45)15-16-44-40)12-6-13-31(27)46-34-20-42-18-28-22-7-1-2-8-23(22)29-19-43-21-35(46)38(29)37(28)34/h1-16,18-21H. The van der Waals surface area contributed by atoms with Gasteiger partial charge in [-0.2, -0.15) is 5.26 Å². The second-order valence-corrected chi connectivity index (χ2v) is 12.0. The molecule has 11 aromatic rings. The van der Waals surface area contributed by atoms with Crippen LogP contribution in [0.3, 0.4) is 0 Å². The van der Waals surface area contributed by atoms with Gasteiger partial charge in [-0.3, -0.25) is 15.0 Å². The molecule has 6 heteroatoms. The molecule has 5 heterocycles. The highest BCUT2D eigenvalue weighted by Gasteiger charge is 2.25. The van der Waals surface area contributed by atoms with Crippen molar-refractivity contribution in [3.05, 3.63) is 128 Å². The Morgan fingerprint density at radius 2 is 0.978 bits per heavy atom. The van der Waals surface area contributed by atoms with Crippen LogP contribution in [0.2, 0.25) is 0 Å². The monoisotopic (exact) mass is 584 g/mol. The van der Waals surface area contributed by atoms with E-state index in [0.29, 0.717) is 5.56 Å². The Labute approximate surface area is 260 Å². The molecular weight excluding hydrogens is 564 g/mol. The van der Waals surface area contributed by atoms with Gasteiger partial charge < -0.3 is 9.13 Å². The van der Waals surface area contributed by atoms with Crippen LogP contribution in [0.25, 0.3) is 98.2 Å². The molecule has 6 aromatic carbocycles. The van der Waals surface area contributed by atoms with E-state index in [-0.39, 0.29) is 0 Å². The van der Waals surface area contributed by atoms with Gasteiger partial charge in [0.15, 0.2) is 0 Å². The van der Waals surface area contributed by atoms with Gasteiger partial charge >= 0.3 is 0 Å². The Morgan fingerprint density at radius 1 is 0.457 bits per heavy atom. The SMILES string of the molecule is N#Cc1c(-n2c3cncc4c5ccccc5c5cncc2c5c43)cccc1-n1c2cccc3c4ccccc4c4nccc1c4c32. The summed E-state index contributed by atoms with van der Waals surface area (Å²) in [6, 6.07) is 34.2.